The molecule has 4 heteroatoms. The zero-order valence-corrected chi connectivity index (χ0v) is 22.2. The predicted molar refractivity (Wildman–Crippen MR) is 155 cm³/mol. The summed E-state index contributed by atoms with van der Waals surface area (Å²) in [6.45, 7) is 4.85. The van der Waals surface area contributed by atoms with Gasteiger partial charge in [0, 0.05) is 26.6 Å². The molecule has 0 saturated heterocycles. The summed E-state index contributed by atoms with van der Waals surface area (Å²) in [5, 5.41) is 4.06. The lowest BCUT2D eigenvalue weighted by molar-refractivity contribution is -0.128. The Morgan fingerprint density at radius 3 is 1.44 bits per heavy atom. The van der Waals surface area contributed by atoms with Crippen molar-refractivity contribution in [1.29, 1.82) is 0 Å². The van der Waals surface area contributed by atoms with E-state index in [0.29, 0.717) is 0 Å². The monoisotopic (exact) mass is 495 g/mol. The summed E-state index contributed by atoms with van der Waals surface area (Å²) >= 11 is 0. The molecule has 0 spiro atoms. The number of hydrogen-bond donors (Lipinski definition) is 0. The highest BCUT2D eigenvalue weighted by Gasteiger charge is 2.45. The van der Waals surface area contributed by atoms with Crippen LogP contribution in [0.3, 0.4) is 0 Å². The Morgan fingerprint density at radius 2 is 1.03 bits per heavy atom. The molecule has 4 aromatic carbocycles. The zero-order valence-electron chi connectivity index (χ0n) is 21.3. The lowest BCUT2D eigenvalue weighted by Gasteiger charge is -2.31. The molecule has 36 heavy (non-hydrogen) atoms. The SMILES string of the molecule is CC(=O)N(CCN(C)Cc1ccccc1)CC[P+](c1ccccc1)(c1ccccc1)c1ccccc1. The van der Waals surface area contributed by atoms with E-state index >= 15 is 0 Å². The Balaban J connectivity index is 1.60. The fraction of sp³-hybridized carbons (Fsp3) is 0.219. The number of nitrogens with zero attached hydrogens (tertiary/aromatic N) is 2. The van der Waals surface area contributed by atoms with E-state index in [0.717, 1.165) is 32.3 Å². The molecule has 4 rings (SSSR count). The van der Waals surface area contributed by atoms with E-state index in [1.165, 1.54) is 21.5 Å². The number of carbonyl (C=O) groups excluding carboxylic acids is 1. The van der Waals surface area contributed by atoms with Crippen LogP contribution in [0.15, 0.2) is 121 Å². The highest BCUT2D eigenvalue weighted by atomic mass is 31.2. The van der Waals surface area contributed by atoms with Crippen LogP contribution >= 0.6 is 7.26 Å². The average molecular weight is 496 g/mol. The molecule has 0 saturated carbocycles. The molecule has 0 heterocycles. The van der Waals surface area contributed by atoms with E-state index in [9.17, 15) is 4.79 Å². The van der Waals surface area contributed by atoms with Crippen LogP contribution in [0.2, 0.25) is 0 Å². The average Bonchev–Trinajstić information content (AvgIpc) is 2.93. The molecule has 3 nitrogen and oxygen atoms in total. The summed E-state index contributed by atoms with van der Waals surface area (Å²) in [6.07, 6.45) is 0.910. The van der Waals surface area contributed by atoms with Gasteiger partial charge in [-0.05, 0) is 49.0 Å². The third-order valence-electron chi connectivity index (χ3n) is 6.79. The molecule has 0 aliphatic carbocycles. The van der Waals surface area contributed by atoms with Crippen molar-refractivity contribution in [1.82, 2.24) is 9.80 Å². The molecule has 0 atom stereocenters. The van der Waals surface area contributed by atoms with Crippen molar-refractivity contribution >= 4 is 29.1 Å². The van der Waals surface area contributed by atoms with Crippen molar-refractivity contribution in [3.05, 3.63) is 127 Å². The number of likely N-dealkylation sites (N-methyl/N-ethyl adjacent to an activating group) is 1. The molecule has 184 valence electrons. The molecule has 0 fully saturated rings. The number of rotatable bonds is 11. The number of amides is 1. The first kappa shape index (κ1) is 25.8. The number of benzene rings is 4. The molecule has 0 aromatic heterocycles. The molecular formula is C32H36N2OP+. The Kier molecular flexibility index (Phi) is 9.06. The van der Waals surface area contributed by atoms with Crippen molar-refractivity contribution in [2.75, 3.05) is 32.8 Å². The maximum atomic E-state index is 12.8. The molecule has 0 N–H and O–H groups in total. The maximum Gasteiger partial charge on any atom is 0.219 e. The van der Waals surface area contributed by atoms with E-state index in [2.05, 4.69) is 127 Å². The second-order valence-corrected chi connectivity index (χ2v) is 12.9. The van der Waals surface area contributed by atoms with E-state index in [1.54, 1.807) is 6.92 Å². The second-order valence-electron chi connectivity index (χ2n) is 9.27. The highest BCUT2D eigenvalue weighted by molar-refractivity contribution is 7.95. The number of hydrogen-bond acceptors (Lipinski definition) is 2. The van der Waals surface area contributed by atoms with Crippen LogP contribution in [0.25, 0.3) is 0 Å². The molecular weight excluding hydrogens is 459 g/mol. The minimum Gasteiger partial charge on any atom is -0.338 e. The minimum atomic E-state index is -1.96. The largest absolute Gasteiger partial charge is 0.338 e. The lowest BCUT2D eigenvalue weighted by atomic mass is 10.2. The van der Waals surface area contributed by atoms with Crippen molar-refractivity contribution in [2.45, 2.75) is 13.5 Å². The zero-order chi connectivity index (χ0) is 25.2. The van der Waals surface area contributed by atoms with Gasteiger partial charge in [-0.3, -0.25) is 4.79 Å². The third kappa shape index (κ3) is 6.29. The van der Waals surface area contributed by atoms with Crippen LogP contribution in [0.4, 0.5) is 0 Å². The summed E-state index contributed by atoms with van der Waals surface area (Å²) in [6, 6.07) is 43.1. The van der Waals surface area contributed by atoms with Crippen molar-refractivity contribution in [3.63, 3.8) is 0 Å². The normalized spacial score (nSPS) is 11.4. The molecule has 0 bridgehead atoms. The van der Waals surface area contributed by atoms with Crippen LogP contribution in [-0.2, 0) is 11.3 Å². The van der Waals surface area contributed by atoms with Crippen LogP contribution < -0.4 is 15.9 Å². The van der Waals surface area contributed by atoms with E-state index in [-0.39, 0.29) is 5.91 Å². The maximum absolute atomic E-state index is 12.8. The molecule has 1 amide bonds. The van der Waals surface area contributed by atoms with Crippen LogP contribution in [0.5, 0.6) is 0 Å². The first-order valence-corrected chi connectivity index (χ1v) is 14.6. The van der Waals surface area contributed by atoms with Crippen molar-refractivity contribution in [3.8, 4) is 0 Å². The van der Waals surface area contributed by atoms with Crippen molar-refractivity contribution in [2.24, 2.45) is 0 Å². The summed E-state index contributed by atoms with van der Waals surface area (Å²) in [4.78, 5) is 17.1. The van der Waals surface area contributed by atoms with Crippen LogP contribution in [0.1, 0.15) is 12.5 Å². The van der Waals surface area contributed by atoms with Gasteiger partial charge in [0.05, 0.1) is 12.7 Å². The van der Waals surface area contributed by atoms with Gasteiger partial charge in [-0.1, -0.05) is 84.9 Å². The topological polar surface area (TPSA) is 23.6 Å². The summed E-state index contributed by atoms with van der Waals surface area (Å²) in [5.41, 5.74) is 1.29. The van der Waals surface area contributed by atoms with Crippen LogP contribution in [-0.4, -0.2) is 48.6 Å². The van der Waals surface area contributed by atoms with Crippen LogP contribution in [0, 0.1) is 0 Å². The fourth-order valence-corrected chi connectivity index (χ4v) is 9.10. The first-order chi connectivity index (χ1) is 17.6. The van der Waals surface area contributed by atoms with Gasteiger partial charge in [0.25, 0.3) is 0 Å². The van der Waals surface area contributed by atoms with Gasteiger partial charge in [-0.15, -0.1) is 0 Å². The van der Waals surface area contributed by atoms with E-state index in [1.807, 2.05) is 11.0 Å². The van der Waals surface area contributed by atoms with E-state index in [4.69, 9.17) is 0 Å². The first-order valence-electron chi connectivity index (χ1n) is 12.6. The Morgan fingerprint density at radius 1 is 0.611 bits per heavy atom. The summed E-state index contributed by atoms with van der Waals surface area (Å²) < 4.78 is 0. The lowest BCUT2D eigenvalue weighted by Crippen LogP contribution is -2.41. The van der Waals surface area contributed by atoms with Gasteiger partial charge in [0.2, 0.25) is 5.91 Å². The van der Waals surface area contributed by atoms with Gasteiger partial charge in [0.15, 0.2) is 0 Å². The van der Waals surface area contributed by atoms with Gasteiger partial charge in [0.1, 0.15) is 23.2 Å². The predicted octanol–water partition coefficient (Wildman–Crippen LogP) is 4.96. The van der Waals surface area contributed by atoms with Gasteiger partial charge < -0.3 is 9.80 Å². The van der Waals surface area contributed by atoms with Gasteiger partial charge >= 0.3 is 0 Å². The van der Waals surface area contributed by atoms with Gasteiger partial charge in [-0.25, -0.2) is 0 Å². The van der Waals surface area contributed by atoms with Crippen molar-refractivity contribution < 1.29 is 4.79 Å². The summed E-state index contributed by atoms with van der Waals surface area (Å²) in [5.74, 6) is 0.135. The minimum absolute atomic E-state index is 0.135. The molecule has 0 unspecified atom stereocenters. The molecule has 0 aliphatic rings. The quantitative estimate of drug-likeness (QED) is 0.275. The molecule has 4 aromatic rings. The third-order valence-corrected chi connectivity index (χ3v) is 11.2. The van der Waals surface area contributed by atoms with Gasteiger partial charge in [-0.2, -0.15) is 0 Å². The smallest absolute Gasteiger partial charge is 0.219 e. The van der Waals surface area contributed by atoms with E-state index < -0.39 is 7.26 Å². The fourth-order valence-electron chi connectivity index (χ4n) is 4.84. The number of carbonyl (C=O) groups is 1. The Bertz CT molecular complexity index is 1100. The Labute approximate surface area is 216 Å². The second kappa shape index (κ2) is 12.6. The summed E-state index contributed by atoms with van der Waals surface area (Å²) in [7, 11) is 0.169. The standard InChI is InChI=1S/C32H36N2OP/c1-28(35)34(24-23-33(2)27-29-15-7-3-8-16-29)25-26-36(30-17-9-4-10-18-30,31-19-11-5-12-20-31)32-21-13-6-14-22-32/h3-22H,23-27H2,1-2H3/q+1. The molecule has 0 radical (unpaired) electrons. The Hall–Kier alpha value is -3.26. The molecule has 0 aliphatic heterocycles. The highest BCUT2D eigenvalue weighted by Crippen LogP contribution is 2.55.